The molecular weight excluding hydrogens is 426 g/mol. The molecule has 4 aliphatic rings. The number of rotatable bonds is 3. The van der Waals surface area contributed by atoms with Gasteiger partial charge in [-0.2, -0.15) is 0 Å². The Labute approximate surface area is 178 Å². The van der Waals surface area contributed by atoms with Gasteiger partial charge in [-0.3, -0.25) is 4.90 Å². The third kappa shape index (κ3) is 3.72. The maximum Gasteiger partial charge on any atom is 0.183 e. The number of sulfone groups is 2. The Balaban J connectivity index is 1.41. The maximum absolute atomic E-state index is 13.6. The van der Waals surface area contributed by atoms with Crippen molar-refractivity contribution in [3.05, 3.63) is 29.3 Å². The molecular formula is C21H29NO6S2. The Kier molecular flexibility index (Phi) is 5.25. The van der Waals surface area contributed by atoms with Gasteiger partial charge in [0.05, 0.1) is 34.9 Å². The third-order valence-corrected chi connectivity index (χ3v) is 11.3. The highest BCUT2D eigenvalue weighted by molar-refractivity contribution is 7.96. The monoisotopic (exact) mass is 455 g/mol. The van der Waals surface area contributed by atoms with Gasteiger partial charge < -0.3 is 9.47 Å². The molecule has 0 aromatic heterocycles. The summed E-state index contributed by atoms with van der Waals surface area (Å²) >= 11 is 0. The first-order chi connectivity index (χ1) is 14.3. The predicted molar refractivity (Wildman–Crippen MR) is 112 cm³/mol. The minimum atomic E-state index is -3.75. The van der Waals surface area contributed by atoms with Gasteiger partial charge in [0, 0.05) is 32.0 Å². The molecule has 3 aliphatic heterocycles. The minimum Gasteiger partial charge on any atom is -0.347 e. The van der Waals surface area contributed by atoms with Gasteiger partial charge in [-0.25, -0.2) is 16.8 Å². The average molecular weight is 456 g/mol. The number of aryl methyl sites for hydroxylation is 2. The van der Waals surface area contributed by atoms with Gasteiger partial charge in [0.15, 0.2) is 25.5 Å². The van der Waals surface area contributed by atoms with E-state index in [0.717, 1.165) is 31.2 Å². The molecule has 0 radical (unpaired) electrons. The molecule has 2 atom stereocenters. The second-order valence-corrected chi connectivity index (χ2v) is 13.3. The third-order valence-electron chi connectivity index (χ3n) is 7.16. The van der Waals surface area contributed by atoms with Crippen LogP contribution in [-0.4, -0.2) is 76.6 Å². The first-order valence-corrected chi connectivity index (χ1v) is 14.2. The van der Waals surface area contributed by atoms with E-state index in [1.54, 1.807) is 12.1 Å². The largest absolute Gasteiger partial charge is 0.347 e. The normalized spacial score (nSPS) is 31.1. The van der Waals surface area contributed by atoms with Gasteiger partial charge in [0.1, 0.15) is 0 Å². The summed E-state index contributed by atoms with van der Waals surface area (Å²) in [4.78, 5) is 2.30. The number of likely N-dealkylation sites (tertiary alicyclic amines) is 1. The van der Waals surface area contributed by atoms with Gasteiger partial charge >= 0.3 is 0 Å². The summed E-state index contributed by atoms with van der Waals surface area (Å²) in [5.41, 5.74) is 2.31. The molecule has 3 fully saturated rings. The second-order valence-electron chi connectivity index (χ2n) is 9.01. The van der Waals surface area contributed by atoms with Gasteiger partial charge in [-0.05, 0) is 48.9 Å². The number of benzene rings is 1. The van der Waals surface area contributed by atoms with E-state index in [0.29, 0.717) is 39.1 Å². The van der Waals surface area contributed by atoms with Crippen LogP contribution in [0.3, 0.4) is 0 Å². The quantitative estimate of drug-likeness (QED) is 0.679. The molecule has 1 aliphatic carbocycles. The fraction of sp³-hybridized carbons (Fsp3) is 0.714. The number of piperidine rings is 1. The van der Waals surface area contributed by atoms with E-state index >= 15 is 0 Å². The molecule has 1 aromatic carbocycles. The van der Waals surface area contributed by atoms with Crippen LogP contribution in [0.1, 0.15) is 36.8 Å². The minimum absolute atomic E-state index is 0.101. The first kappa shape index (κ1) is 20.9. The Bertz CT molecular complexity index is 1020. The van der Waals surface area contributed by atoms with E-state index in [2.05, 4.69) is 0 Å². The molecule has 5 rings (SSSR count). The summed E-state index contributed by atoms with van der Waals surface area (Å²) < 4.78 is 63.7. The Morgan fingerprint density at radius 3 is 2.33 bits per heavy atom. The molecule has 0 unspecified atom stereocenters. The molecule has 166 valence electrons. The van der Waals surface area contributed by atoms with Gasteiger partial charge in [-0.1, -0.05) is 6.07 Å². The summed E-state index contributed by atoms with van der Waals surface area (Å²) in [6.07, 6.45) is 5.34. The van der Waals surface area contributed by atoms with Crippen molar-refractivity contribution in [2.45, 2.75) is 60.5 Å². The summed E-state index contributed by atoms with van der Waals surface area (Å²) in [7, 11) is -7.17. The van der Waals surface area contributed by atoms with Gasteiger partial charge in [0.2, 0.25) is 0 Å². The van der Waals surface area contributed by atoms with Gasteiger partial charge in [0.25, 0.3) is 0 Å². The van der Waals surface area contributed by atoms with Crippen molar-refractivity contribution >= 4 is 19.7 Å². The summed E-state index contributed by atoms with van der Waals surface area (Å²) in [6.45, 7) is 2.31. The van der Waals surface area contributed by atoms with E-state index in [1.165, 1.54) is 5.56 Å². The molecule has 3 heterocycles. The number of hydrogen-bond donors (Lipinski definition) is 0. The second kappa shape index (κ2) is 7.55. The fourth-order valence-corrected chi connectivity index (χ4v) is 10.4. The van der Waals surface area contributed by atoms with Crippen LogP contribution in [0.15, 0.2) is 23.1 Å². The van der Waals surface area contributed by atoms with Crippen molar-refractivity contribution in [3.63, 3.8) is 0 Å². The molecule has 9 heteroatoms. The molecule has 30 heavy (non-hydrogen) atoms. The highest BCUT2D eigenvalue weighted by atomic mass is 32.2. The van der Waals surface area contributed by atoms with Crippen molar-refractivity contribution in [1.29, 1.82) is 0 Å². The number of hydrogen-bond acceptors (Lipinski definition) is 7. The molecule has 3 saturated heterocycles. The summed E-state index contributed by atoms with van der Waals surface area (Å²) in [5, 5.41) is -0.927. The van der Waals surface area contributed by atoms with Crippen molar-refractivity contribution in [3.8, 4) is 0 Å². The number of nitrogens with zero attached hydrogens (tertiary/aromatic N) is 1. The van der Waals surface area contributed by atoms with Crippen molar-refractivity contribution < 1.29 is 26.3 Å². The van der Waals surface area contributed by atoms with Crippen LogP contribution in [-0.2, 0) is 42.0 Å². The van der Waals surface area contributed by atoms with E-state index in [4.69, 9.17) is 9.47 Å². The number of ether oxygens (including phenoxy) is 2. The Morgan fingerprint density at radius 2 is 1.63 bits per heavy atom. The van der Waals surface area contributed by atoms with Crippen LogP contribution >= 0.6 is 0 Å². The van der Waals surface area contributed by atoms with Crippen LogP contribution in [0, 0.1) is 0 Å². The molecule has 1 spiro atoms. The standard InChI is InChI=1S/C21H29NO6S2/c23-29(24)14-19(22-9-7-21(8-10-22)27-11-12-28-21)20(15-29)30(25,26)18-6-5-16-3-1-2-4-17(16)13-18/h5-6,13,19-20H,1-4,7-12,14-15H2/t19-,20-/m0/s1. The van der Waals surface area contributed by atoms with Crippen molar-refractivity contribution in [2.24, 2.45) is 0 Å². The lowest BCUT2D eigenvalue weighted by Crippen LogP contribution is -2.53. The zero-order valence-electron chi connectivity index (χ0n) is 17.1. The summed E-state index contributed by atoms with van der Waals surface area (Å²) in [5.74, 6) is -0.969. The van der Waals surface area contributed by atoms with Crippen LogP contribution in [0.5, 0.6) is 0 Å². The smallest absolute Gasteiger partial charge is 0.183 e. The van der Waals surface area contributed by atoms with E-state index in [-0.39, 0.29) is 16.4 Å². The number of fused-ring (bicyclic) bond motifs is 1. The van der Waals surface area contributed by atoms with Crippen molar-refractivity contribution in [1.82, 2.24) is 4.90 Å². The fourth-order valence-electron chi connectivity index (χ4n) is 5.48. The van der Waals surface area contributed by atoms with E-state index in [1.807, 2.05) is 11.0 Å². The molecule has 1 aromatic rings. The summed E-state index contributed by atoms with van der Waals surface area (Å²) in [6, 6.07) is 4.86. The first-order valence-electron chi connectivity index (χ1n) is 10.9. The van der Waals surface area contributed by atoms with Crippen molar-refractivity contribution in [2.75, 3.05) is 37.8 Å². The molecule has 7 nitrogen and oxygen atoms in total. The van der Waals surface area contributed by atoms with Crippen LogP contribution < -0.4 is 0 Å². The topological polar surface area (TPSA) is 90.0 Å². The average Bonchev–Trinajstić information content (AvgIpc) is 3.32. The highest BCUT2D eigenvalue weighted by Gasteiger charge is 2.50. The zero-order chi connectivity index (χ0) is 21.0. The lowest BCUT2D eigenvalue weighted by atomic mass is 9.92. The van der Waals surface area contributed by atoms with Gasteiger partial charge in [-0.15, -0.1) is 0 Å². The highest BCUT2D eigenvalue weighted by Crippen LogP contribution is 2.36. The lowest BCUT2D eigenvalue weighted by molar-refractivity contribution is -0.187. The lowest BCUT2D eigenvalue weighted by Gasteiger charge is -2.41. The molecule has 0 saturated carbocycles. The van der Waals surface area contributed by atoms with Crippen LogP contribution in [0.4, 0.5) is 0 Å². The van der Waals surface area contributed by atoms with Crippen LogP contribution in [0.25, 0.3) is 0 Å². The maximum atomic E-state index is 13.6. The van der Waals surface area contributed by atoms with E-state index < -0.39 is 36.8 Å². The Hall–Kier alpha value is -1.00. The van der Waals surface area contributed by atoms with E-state index in [9.17, 15) is 16.8 Å². The zero-order valence-corrected chi connectivity index (χ0v) is 18.7. The molecule has 0 amide bonds. The predicted octanol–water partition coefficient (Wildman–Crippen LogP) is 1.34. The van der Waals surface area contributed by atoms with Crippen LogP contribution in [0.2, 0.25) is 0 Å². The SMILES string of the molecule is O=S1(=O)C[C@H](N2CCC3(CC2)OCCO3)[C@@H](S(=O)(=O)c2ccc3c(c2)CCCC3)C1. The Morgan fingerprint density at radius 1 is 0.967 bits per heavy atom. The molecule has 0 N–H and O–H groups in total. The molecule has 0 bridgehead atoms.